The van der Waals surface area contributed by atoms with Crippen LogP contribution in [0.25, 0.3) is 0 Å². The van der Waals surface area contributed by atoms with Gasteiger partial charge in [-0.2, -0.15) is 0 Å². The zero-order chi connectivity index (χ0) is 24.7. The van der Waals surface area contributed by atoms with Gasteiger partial charge in [-0.1, -0.05) is 46.8 Å². The first-order valence-corrected chi connectivity index (χ1v) is 12.8. The first-order chi connectivity index (χ1) is 15.8. The lowest BCUT2D eigenvalue weighted by Crippen LogP contribution is -2.67. The molecule has 3 fully saturated rings. The third kappa shape index (κ3) is 3.06. The van der Waals surface area contributed by atoms with Crippen LogP contribution in [0, 0.1) is 33.5 Å². The largest absolute Gasteiger partial charge is 0.462 e. The molecule has 3 saturated carbocycles. The number of Topliss-reactive ketones (excluding diaryl/α,β-unsaturated/α-hetero) is 1. The van der Waals surface area contributed by atoms with E-state index in [1.54, 1.807) is 6.08 Å². The summed E-state index contributed by atoms with van der Waals surface area (Å²) in [4.78, 5) is 38.3. The van der Waals surface area contributed by atoms with Gasteiger partial charge >= 0.3 is 11.9 Å². The van der Waals surface area contributed by atoms with Crippen LogP contribution in [0.15, 0.2) is 23.8 Å². The molecule has 2 aliphatic heterocycles. The summed E-state index contributed by atoms with van der Waals surface area (Å²) in [5, 5.41) is 0. The van der Waals surface area contributed by atoms with E-state index in [2.05, 4.69) is 34.6 Å². The van der Waals surface area contributed by atoms with Crippen LogP contribution in [0.3, 0.4) is 0 Å². The van der Waals surface area contributed by atoms with Crippen LogP contribution < -0.4 is 0 Å². The number of hydrogen-bond acceptors (Lipinski definition) is 6. The van der Waals surface area contributed by atoms with Crippen LogP contribution >= 0.6 is 0 Å². The minimum absolute atomic E-state index is 0.0917. The Morgan fingerprint density at radius 3 is 2.47 bits per heavy atom. The Bertz CT molecular complexity index is 993. The van der Waals surface area contributed by atoms with Crippen molar-refractivity contribution in [3.05, 3.63) is 23.8 Å². The lowest BCUT2D eigenvalue weighted by atomic mass is 9.37. The Hall–Kier alpha value is -1.95. The molecule has 6 nitrogen and oxygen atoms in total. The Balaban J connectivity index is 1.65. The molecule has 34 heavy (non-hydrogen) atoms. The summed E-state index contributed by atoms with van der Waals surface area (Å²) < 4.78 is 17.9. The van der Waals surface area contributed by atoms with Gasteiger partial charge in [-0.25, -0.2) is 4.79 Å². The quantitative estimate of drug-likeness (QED) is 0.435. The maximum atomic E-state index is 13.0. The summed E-state index contributed by atoms with van der Waals surface area (Å²) in [6.45, 7) is 12.8. The minimum atomic E-state index is -0.527. The molecular weight excluding hydrogens is 432 g/mol. The fourth-order valence-electron chi connectivity index (χ4n) is 8.86. The number of rotatable bonds is 2. The van der Waals surface area contributed by atoms with Gasteiger partial charge in [0.05, 0.1) is 6.61 Å². The van der Waals surface area contributed by atoms with E-state index in [4.69, 9.17) is 14.2 Å². The molecule has 0 aromatic rings. The van der Waals surface area contributed by atoms with E-state index in [1.165, 1.54) is 6.92 Å². The smallest absolute Gasteiger partial charge is 0.331 e. The second-order valence-electron chi connectivity index (χ2n) is 12.5. The summed E-state index contributed by atoms with van der Waals surface area (Å²) in [5.74, 6) is -0.0800. The first-order valence-electron chi connectivity index (χ1n) is 12.8. The van der Waals surface area contributed by atoms with Crippen LogP contribution in [-0.4, -0.2) is 42.6 Å². The standard InChI is InChI=1S/C28H38O6/c1-16(29)33-22-14-19-25(2,3)21(30)10-12-26(19,4)18-9-11-27(5)20(28(18,22)6)15-23(31)34-24(27)17-8-7-13-32-17/h7-8,15,17-19,22,24H,9-14H2,1-6H3/t17?,18?,19?,22-,24+,26-,27-,28-/m1/s1. The number of cyclic esters (lactones) is 1. The third-order valence-electron chi connectivity index (χ3n) is 10.5. The van der Waals surface area contributed by atoms with Crippen LogP contribution in [0.4, 0.5) is 0 Å². The highest BCUT2D eigenvalue weighted by Gasteiger charge is 2.70. The van der Waals surface area contributed by atoms with Gasteiger partial charge in [0.15, 0.2) is 0 Å². The van der Waals surface area contributed by atoms with Crippen molar-refractivity contribution in [3.8, 4) is 0 Å². The summed E-state index contributed by atoms with van der Waals surface area (Å²) in [7, 11) is 0. The van der Waals surface area contributed by atoms with Gasteiger partial charge in [0.2, 0.25) is 0 Å². The molecule has 8 atom stereocenters. The second kappa shape index (κ2) is 7.52. The second-order valence-corrected chi connectivity index (χ2v) is 12.5. The Labute approximate surface area is 202 Å². The van der Waals surface area contributed by atoms with E-state index in [-0.39, 0.29) is 35.3 Å². The molecule has 0 aromatic heterocycles. The zero-order valence-corrected chi connectivity index (χ0v) is 21.3. The van der Waals surface area contributed by atoms with Crippen molar-refractivity contribution in [1.82, 2.24) is 0 Å². The summed E-state index contributed by atoms with van der Waals surface area (Å²) in [6.07, 6.45) is 8.36. The van der Waals surface area contributed by atoms with Crippen molar-refractivity contribution >= 4 is 17.7 Å². The van der Waals surface area contributed by atoms with Crippen LogP contribution in [0.5, 0.6) is 0 Å². The van der Waals surface area contributed by atoms with Crippen molar-refractivity contribution in [2.45, 2.75) is 92.0 Å². The molecule has 0 radical (unpaired) electrons. The zero-order valence-electron chi connectivity index (χ0n) is 21.3. The van der Waals surface area contributed by atoms with Crippen molar-refractivity contribution in [2.24, 2.45) is 33.5 Å². The molecule has 2 heterocycles. The van der Waals surface area contributed by atoms with Crippen molar-refractivity contribution in [3.63, 3.8) is 0 Å². The molecule has 3 unspecified atom stereocenters. The number of carbonyl (C=O) groups excluding carboxylic acids is 3. The highest BCUT2D eigenvalue weighted by Crippen LogP contribution is 2.71. The molecule has 0 saturated heterocycles. The average molecular weight is 471 g/mol. The number of fused-ring (bicyclic) bond motifs is 5. The summed E-state index contributed by atoms with van der Waals surface area (Å²) in [6, 6.07) is 0. The van der Waals surface area contributed by atoms with E-state index in [1.807, 2.05) is 12.2 Å². The van der Waals surface area contributed by atoms with Crippen molar-refractivity contribution in [2.75, 3.05) is 6.61 Å². The normalized spacial score (nSPS) is 47.1. The molecule has 3 aliphatic carbocycles. The van der Waals surface area contributed by atoms with Crippen LogP contribution in [0.1, 0.15) is 73.6 Å². The lowest BCUT2D eigenvalue weighted by Gasteiger charge is -2.68. The monoisotopic (exact) mass is 470 g/mol. The van der Waals surface area contributed by atoms with Gasteiger partial charge in [0.1, 0.15) is 24.1 Å². The maximum Gasteiger partial charge on any atom is 0.331 e. The van der Waals surface area contributed by atoms with Crippen molar-refractivity contribution in [1.29, 1.82) is 0 Å². The third-order valence-corrected chi connectivity index (χ3v) is 10.5. The SMILES string of the molecule is CC(=O)O[C@@H]1CC2C(C)(C)C(=O)CC[C@]2(C)C2CC[C@]3(C)C(=CC(=O)O[C@H]3C3C=CCO3)[C@@]21C. The van der Waals surface area contributed by atoms with E-state index in [0.29, 0.717) is 25.2 Å². The van der Waals surface area contributed by atoms with Gasteiger partial charge in [0.25, 0.3) is 0 Å². The summed E-state index contributed by atoms with van der Waals surface area (Å²) >= 11 is 0. The van der Waals surface area contributed by atoms with Gasteiger partial charge in [0, 0.05) is 35.7 Å². The van der Waals surface area contributed by atoms with Crippen LogP contribution in [0.2, 0.25) is 0 Å². The maximum absolute atomic E-state index is 13.0. The first kappa shape index (κ1) is 23.8. The predicted octanol–water partition coefficient (Wildman–Crippen LogP) is 4.56. The van der Waals surface area contributed by atoms with E-state index >= 15 is 0 Å². The predicted molar refractivity (Wildman–Crippen MR) is 126 cm³/mol. The lowest BCUT2D eigenvalue weighted by molar-refractivity contribution is -0.213. The number of ether oxygens (including phenoxy) is 3. The summed E-state index contributed by atoms with van der Waals surface area (Å²) in [5.41, 5.74) is -0.480. The molecule has 0 bridgehead atoms. The fourth-order valence-corrected chi connectivity index (χ4v) is 8.86. The Morgan fingerprint density at radius 1 is 1.09 bits per heavy atom. The molecule has 6 heteroatoms. The number of esters is 2. The van der Waals surface area contributed by atoms with E-state index in [0.717, 1.165) is 24.8 Å². The fraction of sp³-hybridized carbons (Fsp3) is 0.750. The highest BCUT2D eigenvalue weighted by atomic mass is 16.6. The molecule has 5 rings (SSSR count). The molecule has 0 spiro atoms. The Morgan fingerprint density at radius 2 is 1.82 bits per heavy atom. The number of hydrogen-bond donors (Lipinski definition) is 0. The highest BCUT2D eigenvalue weighted by molar-refractivity contribution is 5.86. The average Bonchev–Trinajstić information content (AvgIpc) is 3.28. The van der Waals surface area contributed by atoms with Crippen molar-refractivity contribution < 1.29 is 28.6 Å². The Kier molecular flexibility index (Phi) is 5.26. The molecule has 0 N–H and O–H groups in total. The minimum Gasteiger partial charge on any atom is -0.462 e. The molecule has 0 amide bonds. The van der Waals surface area contributed by atoms with Gasteiger partial charge in [-0.3, -0.25) is 9.59 Å². The number of ketones is 1. The number of carbonyl (C=O) groups is 3. The molecule has 0 aromatic carbocycles. The topological polar surface area (TPSA) is 78.9 Å². The van der Waals surface area contributed by atoms with Gasteiger partial charge < -0.3 is 14.2 Å². The molecule has 186 valence electrons. The van der Waals surface area contributed by atoms with E-state index < -0.39 is 28.5 Å². The van der Waals surface area contributed by atoms with Gasteiger partial charge in [-0.05, 0) is 48.5 Å². The molecular formula is C28H38O6. The van der Waals surface area contributed by atoms with Gasteiger partial charge in [-0.15, -0.1) is 0 Å². The van der Waals surface area contributed by atoms with Crippen LogP contribution in [-0.2, 0) is 28.6 Å². The molecule has 5 aliphatic rings. The van der Waals surface area contributed by atoms with E-state index in [9.17, 15) is 14.4 Å².